The van der Waals surface area contributed by atoms with Gasteiger partial charge < -0.3 is 25.2 Å². The number of likely N-dealkylation sites (N-methyl/N-ethyl adjacent to an activating group) is 1. The monoisotopic (exact) mass is 474 g/mol. The third-order valence-electron chi connectivity index (χ3n) is 6.94. The van der Waals surface area contributed by atoms with Gasteiger partial charge in [0.1, 0.15) is 11.3 Å². The maximum atomic E-state index is 11.3. The number of amides is 1. The van der Waals surface area contributed by atoms with Crippen molar-refractivity contribution in [2.24, 2.45) is 0 Å². The van der Waals surface area contributed by atoms with Crippen LogP contribution in [0.4, 0.5) is 17.3 Å². The van der Waals surface area contributed by atoms with Crippen LogP contribution in [0.15, 0.2) is 48.7 Å². The number of para-hydroxylation sites is 1. The molecule has 2 heterocycles. The van der Waals surface area contributed by atoms with Crippen LogP contribution in [0.1, 0.15) is 32.6 Å². The van der Waals surface area contributed by atoms with Gasteiger partial charge in [0.15, 0.2) is 0 Å². The average molecular weight is 475 g/mol. The predicted molar refractivity (Wildman–Crippen MR) is 139 cm³/mol. The van der Waals surface area contributed by atoms with Crippen LogP contribution >= 0.6 is 0 Å². The lowest BCUT2D eigenvalue weighted by atomic mass is 9.93. The Labute approximate surface area is 206 Å². The molecule has 1 saturated carbocycles. The maximum absolute atomic E-state index is 11.3. The molecule has 184 valence electrons. The molecule has 0 radical (unpaired) electrons. The normalized spacial score (nSPS) is 21.0. The second-order valence-electron chi connectivity index (χ2n) is 9.64. The second kappa shape index (κ2) is 10.5. The van der Waals surface area contributed by atoms with Gasteiger partial charge >= 0.3 is 0 Å². The molecule has 5 rings (SSSR count). The van der Waals surface area contributed by atoms with E-state index in [2.05, 4.69) is 56.7 Å². The van der Waals surface area contributed by atoms with Crippen molar-refractivity contribution in [3.8, 4) is 5.75 Å². The third-order valence-corrected chi connectivity index (χ3v) is 6.94. The highest BCUT2D eigenvalue weighted by molar-refractivity contribution is 5.85. The quantitative estimate of drug-likeness (QED) is 0.560. The summed E-state index contributed by atoms with van der Waals surface area (Å²) in [4.78, 5) is 25.4. The van der Waals surface area contributed by atoms with Gasteiger partial charge in [-0.2, -0.15) is 0 Å². The van der Waals surface area contributed by atoms with E-state index in [1.54, 1.807) is 6.92 Å². The van der Waals surface area contributed by atoms with Crippen molar-refractivity contribution < 1.29 is 9.53 Å². The van der Waals surface area contributed by atoms with Crippen LogP contribution in [0.3, 0.4) is 0 Å². The molecule has 1 aliphatic carbocycles. The molecule has 1 aliphatic heterocycles. The molecule has 1 saturated heterocycles. The van der Waals surface area contributed by atoms with E-state index < -0.39 is 0 Å². The largest absolute Gasteiger partial charge is 0.488 e. The van der Waals surface area contributed by atoms with Crippen molar-refractivity contribution >= 4 is 34.1 Å². The van der Waals surface area contributed by atoms with E-state index in [1.165, 1.54) is 5.69 Å². The number of fused-ring (bicyclic) bond motifs is 1. The number of carbonyl (C=O) groups is 1. The lowest BCUT2D eigenvalue weighted by Gasteiger charge is -2.34. The summed E-state index contributed by atoms with van der Waals surface area (Å²) < 4.78 is 6.38. The van der Waals surface area contributed by atoms with Crippen LogP contribution in [0.25, 0.3) is 10.9 Å². The highest BCUT2D eigenvalue weighted by Gasteiger charge is 2.23. The molecule has 2 fully saturated rings. The first-order valence-corrected chi connectivity index (χ1v) is 12.5. The van der Waals surface area contributed by atoms with Crippen molar-refractivity contribution in [3.63, 3.8) is 0 Å². The number of hydrogen-bond acceptors (Lipinski definition) is 7. The second-order valence-corrected chi connectivity index (χ2v) is 9.64. The predicted octanol–water partition coefficient (Wildman–Crippen LogP) is 3.95. The van der Waals surface area contributed by atoms with Crippen LogP contribution in [-0.4, -0.2) is 66.1 Å². The molecule has 1 amide bonds. The molecule has 2 N–H and O–H groups in total. The zero-order valence-corrected chi connectivity index (χ0v) is 20.5. The number of aromatic nitrogens is 2. The van der Waals surface area contributed by atoms with E-state index >= 15 is 0 Å². The van der Waals surface area contributed by atoms with Gasteiger partial charge in [-0.25, -0.2) is 9.97 Å². The SMILES string of the molecule is CC(=O)NC1CCC(Oc2cccc3cnc(Nc4ccc(N5CCN(C)CC5)cc4)nc23)CC1. The molecule has 3 aromatic rings. The summed E-state index contributed by atoms with van der Waals surface area (Å²) in [6, 6.07) is 14.7. The number of rotatable bonds is 6. The average Bonchev–Trinajstić information content (AvgIpc) is 2.86. The zero-order valence-electron chi connectivity index (χ0n) is 20.5. The number of carbonyl (C=O) groups excluding carboxylic acids is 1. The summed E-state index contributed by atoms with van der Waals surface area (Å²) in [6.45, 7) is 5.85. The van der Waals surface area contributed by atoms with Crippen molar-refractivity contribution in [2.45, 2.75) is 44.8 Å². The van der Waals surface area contributed by atoms with E-state index in [1.807, 2.05) is 24.4 Å². The standard InChI is InChI=1S/C27H34N6O2/c1-19(34)29-21-8-12-24(13-9-21)35-25-5-3-4-20-18-28-27(31-26(20)25)30-22-6-10-23(11-7-22)33-16-14-32(2)15-17-33/h3-7,10-11,18,21,24H,8-9,12-17H2,1-2H3,(H,29,34)(H,28,30,31). The lowest BCUT2D eigenvalue weighted by molar-refractivity contribution is -0.120. The Bertz CT molecular complexity index is 1150. The molecule has 0 bridgehead atoms. The molecule has 0 unspecified atom stereocenters. The smallest absolute Gasteiger partial charge is 0.227 e. The third kappa shape index (κ3) is 5.82. The molecule has 8 nitrogen and oxygen atoms in total. The van der Waals surface area contributed by atoms with Gasteiger partial charge in [0, 0.05) is 62.1 Å². The number of anilines is 3. The van der Waals surface area contributed by atoms with Crippen LogP contribution in [0.2, 0.25) is 0 Å². The Kier molecular flexibility index (Phi) is 6.99. The summed E-state index contributed by atoms with van der Waals surface area (Å²) in [7, 11) is 2.17. The highest BCUT2D eigenvalue weighted by atomic mass is 16.5. The first-order chi connectivity index (χ1) is 17.0. The highest BCUT2D eigenvalue weighted by Crippen LogP contribution is 2.30. The van der Waals surface area contributed by atoms with Gasteiger partial charge in [-0.15, -0.1) is 0 Å². The van der Waals surface area contributed by atoms with E-state index in [-0.39, 0.29) is 18.1 Å². The lowest BCUT2D eigenvalue weighted by Crippen LogP contribution is -2.44. The number of hydrogen-bond donors (Lipinski definition) is 2. The Morgan fingerprint density at radius 2 is 1.74 bits per heavy atom. The van der Waals surface area contributed by atoms with E-state index in [0.717, 1.165) is 74.2 Å². The first-order valence-electron chi connectivity index (χ1n) is 12.5. The Morgan fingerprint density at radius 1 is 1.00 bits per heavy atom. The minimum Gasteiger partial charge on any atom is -0.488 e. The van der Waals surface area contributed by atoms with E-state index in [9.17, 15) is 4.79 Å². The van der Waals surface area contributed by atoms with Gasteiger partial charge in [0.05, 0.1) is 6.10 Å². The minimum absolute atomic E-state index is 0.0362. The Hall–Kier alpha value is -3.39. The molecule has 0 spiro atoms. The van der Waals surface area contributed by atoms with Gasteiger partial charge in [0.2, 0.25) is 11.9 Å². The Morgan fingerprint density at radius 3 is 2.46 bits per heavy atom. The fourth-order valence-corrected chi connectivity index (χ4v) is 4.93. The number of benzene rings is 2. The first kappa shape index (κ1) is 23.4. The molecule has 8 heteroatoms. The molecule has 1 aromatic heterocycles. The van der Waals surface area contributed by atoms with E-state index in [0.29, 0.717) is 5.95 Å². The summed E-state index contributed by atoms with van der Waals surface area (Å²) in [5.74, 6) is 1.37. The maximum Gasteiger partial charge on any atom is 0.227 e. The molecule has 2 aromatic carbocycles. The molecule has 35 heavy (non-hydrogen) atoms. The number of nitrogens with zero attached hydrogens (tertiary/aromatic N) is 4. The number of piperazine rings is 1. The van der Waals surface area contributed by atoms with Crippen LogP contribution in [-0.2, 0) is 4.79 Å². The topological polar surface area (TPSA) is 82.6 Å². The van der Waals surface area contributed by atoms with Gasteiger partial charge in [-0.3, -0.25) is 4.79 Å². The van der Waals surface area contributed by atoms with Crippen molar-refractivity contribution in [3.05, 3.63) is 48.7 Å². The fourth-order valence-electron chi connectivity index (χ4n) is 4.93. The fraction of sp³-hybridized carbons (Fsp3) is 0.444. The van der Waals surface area contributed by atoms with Gasteiger partial charge in [-0.05, 0) is 63.1 Å². The molecular formula is C27H34N6O2. The van der Waals surface area contributed by atoms with E-state index in [4.69, 9.17) is 9.72 Å². The summed E-state index contributed by atoms with van der Waals surface area (Å²) in [6.07, 6.45) is 5.65. The van der Waals surface area contributed by atoms with Gasteiger partial charge in [0.25, 0.3) is 0 Å². The van der Waals surface area contributed by atoms with Crippen LogP contribution in [0, 0.1) is 0 Å². The van der Waals surface area contributed by atoms with Gasteiger partial charge in [-0.1, -0.05) is 12.1 Å². The molecule has 2 aliphatic rings. The zero-order chi connectivity index (χ0) is 24.2. The summed E-state index contributed by atoms with van der Waals surface area (Å²) >= 11 is 0. The summed E-state index contributed by atoms with van der Waals surface area (Å²) in [5.41, 5.74) is 3.01. The minimum atomic E-state index is 0.0362. The van der Waals surface area contributed by atoms with Crippen LogP contribution in [0.5, 0.6) is 5.75 Å². The Balaban J connectivity index is 1.25. The number of nitrogens with one attached hydrogen (secondary N) is 2. The van der Waals surface area contributed by atoms with Crippen molar-refractivity contribution in [1.29, 1.82) is 0 Å². The molecule has 0 atom stereocenters. The summed E-state index contributed by atoms with van der Waals surface area (Å²) in [5, 5.41) is 7.31. The van der Waals surface area contributed by atoms with Crippen molar-refractivity contribution in [1.82, 2.24) is 20.2 Å². The number of ether oxygens (including phenoxy) is 1. The van der Waals surface area contributed by atoms with Crippen LogP contribution < -0.4 is 20.3 Å². The van der Waals surface area contributed by atoms with Crippen molar-refractivity contribution in [2.75, 3.05) is 43.4 Å². The molecular weight excluding hydrogens is 440 g/mol.